The highest BCUT2D eigenvalue weighted by atomic mass is 16.5. The van der Waals surface area contributed by atoms with Gasteiger partial charge in [0.05, 0.1) is 0 Å². The number of nitrogens with one attached hydrogen (secondary N) is 4. The van der Waals surface area contributed by atoms with E-state index in [1.165, 1.54) is 6.07 Å². The molecule has 0 spiro atoms. The van der Waals surface area contributed by atoms with Gasteiger partial charge in [0.2, 0.25) is 0 Å². The number of aromatic nitrogens is 2. The van der Waals surface area contributed by atoms with Crippen molar-refractivity contribution in [2.24, 2.45) is 0 Å². The standard InChI is InChI=1S/C34H32N6O6/c41-29(21-45-27-12-2-6-23-10-4-14-37-31(23)27)35-16-18-39-33(43)25-8-1-9-26(20-25)34(44)40-19-17-36-30(42)22-46-28-13-3-7-24-11-5-15-38-32(24)28/h1-15,20H,16-19,21-22H2,(H,35,41)(H,36,42)(H,39,43)(H,40,44). The number of nitrogens with zero attached hydrogens (tertiary/aromatic N) is 2. The zero-order valence-electron chi connectivity index (χ0n) is 24.8. The second kappa shape index (κ2) is 15.6. The van der Waals surface area contributed by atoms with Gasteiger partial charge in [0.25, 0.3) is 23.6 Å². The molecule has 0 radical (unpaired) electrons. The largest absolute Gasteiger partial charge is 0.481 e. The summed E-state index contributed by atoms with van der Waals surface area (Å²) < 4.78 is 11.2. The Kier molecular flexibility index (Phi) is 10.7. The van der Waals surface area contributed by atoms with Gasteiger partial charge in [-0.2, -0.15) is 0 Å². The molecule has 12 heteroatoms. The molecule has 3 aromatic carbocycles. The molecule has 0 atom stereocenters. The number of carbonyl (C=O) groups is 4. The number of pyridine rings is 2. The number of rotatable bonds is 14. The third kappa shape index (κ3) is 8.53. The predicted octanol–water partition coefficient (Wildman–Crippen LogP) is 2.63. The number of ether oxygens (including phenoxy) is 2. The summed E-state index contributed by atoms with van der Waals surface area (Å²) in [5.74, 6) is -0.448. The minimum Gasteiger partial charge on any atom is -0.481 e. The van der Waals surface area contributed by atoms with E-state index in [0.29, 0.717) is 33.7 Å². The van der Waals surface area contributed by atoms with Gasteiger partial charge in [0.15, 0.2) is 13.2 Å². The highest BCUT2D eigenvalue weighted by Gasteiger charge is 2.12. The van der Waals surface area contributed by atoms with Crippen LogP contribution in [0.3, 0.4) is 0 Å². The topological polar surface area (TPSA) is 161 Å². The second-order valence-corrected chi connectivity index (χ2v) is 10.0. The van der Waals surface area contributed by atoms with Gasteiger partial charge in [-0.05, 0) is 42.5 Å². The van der Waals surface area contributed by atoms with Gasteiger partial charge in [0.1, 0.15) is 22.5 Å². The normalized spacial score (nSPS) is 10.6. The van der Waals surface area contributed by atoms with Crippen molar-refractivity contribution in [3.05, 3.63) is 108 Å². The maximum atomic E-state index is 12.6. The van der Waals surface area contributed by atoms with E-state index in [9.17, 15) is 19.2 Å². The van der Waals surface area contributed by atoms with Crippen LogP contribution < -0.4 is 30.7 Å². The molecule has 4 amide bonds. The smallest absolute Gasteiger partial charge is 0.258 e. The number of benzene rings is 3. The van der Waals surface area contributed by atoms with E-state index in [1.54, 1.807) is 42.7 Å². The lowest BCUT2D eigenvalue weighted by atomic mass is 10.1. The average molecular weight is 621 g/mol. The van der Waals surface area contributed by atoms with Crippen molar-refractivity contribution in [3.63, 3.8) is 0 Å². The Morgan fingerprint density at radius 3 is 1.41 bits per heavy atom. The first kappa shape index (κ1) is 31.4. The fourth-order valence-corrected chi connectivity index (χ4v) is 4.54. The molecule has 0 aliphatic carbocycles. The zero-order chi connectivity index (χ0) is 32.1. The summed E-state index contributed by atoms with van der Waals surface area (Å²) in [5, 5.41) is 12.6. The molecule has 0 bridgehead atoms. The fourth-order valence-electron chi connectivity index (χ4n) is 4.54. The Morgan fingerprint density at radius 1 is 0.522 bits per heavy atom. The van der Waals surface area contributed by atoms with E-state index in [4.69, 9.17) is 9.47 Å². The highest BCUT2D eigenvalue weighted by Crippen LogP contribution is 2.23. The first-order chi connectivity index (χ1) is 22.5. The van der Waals surface area contributed by atoms with E-state index in [-0.39, 0.29) is 51.2 Å². The van der Waals surface area contributed by atoms with E-state index >= 15 is 0 Å². The van der Waals surface area contributed by atoms with Crippen LogP contribution >= 0.6 is 0 Å². The van der Waals surface area contributed by atoms with E-state index < -0.39 is 11.8 Å². The maximum Gasteiger partial charge on any atom is 0.258 e. The minimum absolute atomic E-state index is 0.178. The molecule has 0 saturated heterocycles. The fraction of sp³-hybridized carbons (Fsp3) is 0.176. The van der Waals surface area contributed by atoms with Crippen molar-refractivity contribution in [2.45, 2.75) is 0 Å². The molecule has 0 saturated carbocycles. The summed E-state index contributed by atoms with van der Waals surface area (Å²) in [4.78, 5) is 58.3. The summed E-state index contributed by atoms with van der Waals surface area (Å²) in [6, 6.07) is 24.7. The monoisotopic (exact) mass is 620 g/mol. The number of fused-ring (bicyclic) bond motifs is 2. The summed E-state index contributed by atoms with van der Waals surface area (Å²) in [6.07, 6.45) is 3.32. The lowest BCUT2D eigenvalue weighted by Gasteiger charge is -2.11. The summed E-state index contributed by atoms with van der Waals surface area (Å²) in [6.45, 7) is 0.353. The zero-order valence-corrected chi connectivity index (χ0v) is 24.8. The molecule has 2 aromatic heterocycles. The molecule has 12 nitrogen and oxygen atoms in total. The van der Waals surface area contributed by atoms with Gasteiger partial charge < -0.3 is 30.7 Å². The molecule has 5 aromatic rings. The first-order valence-electron chi connectivity index (χ1n) is 14.6. The van der Waals surface area contributed by atoms with Gasteiger partial charge in [0, 0.05) is 60.5 Å². The number of hydrogen-bond donors (Lipinski definition) is 4. The van der Waals surface area contributed by atoms with Gasteiger partial charge in [-0.3, -0.25) is 29.1 Å². The summed E-state index contributed by atoms with van der Waals surface area (Å²) in [7, 11) is 0. The molecule has 0 aliphatic rings. The molecule has 0 aliphatic heterocycles. The van der Waals surface area contributed by atoms with E-state index in [1.807, 2.05) is 48.5 Å². The Balaban J connectivity index is 0.977. The molecule has 0 unspecified atom stereocenters. The molecule has 5 rings (SSSR count). The van der Waals surface area contributed by atoms with Crippen molar-refractivity contribution in [1.29, 1.82) is 0 Å². The number of hydrogen-bond acceptors (Lipinski definition) is 8. The van der Waals surface area contributed by atoms with Crippen molar-refractivity contribution in [1.82, 2.24) is 31.2 Å². The number of carbonyl (C=O) groups excluding carboxylic acids is 4. The van der Waals surface area contributed by atoms with Crippen LogP contribution in [0.25, 0.3) is 21.8 Å². The third-order valence-electron chi connectivity index (χ3n) is 6.76. The van der Waals surface area contributed by atoms with Gasteiger partial charge in [-0.1, -0.05) is 42.5 Å². The van der Waals surface area contributed by atoms with Gasteiger partial charge in [-0.25, -0.2) is 0 Å². The SMILES string of the molecule is O=C(COc1cccc2cccnc12)NCCNC(=O)c1cccc(C(=O)NCCNC(=O)COc2cccc3cccnc23)c1. The molecular weight excluding hydrogens is 588 g/mol. The average Bonchev–Trinajstić information content (AvgIpc) is 3.10. The van der Waals surface area contributed by atoms with Crippen LogP contribution in [0.1, 0.15) is 20.7 Å². The van der Waals surface area contributed by atoms with Crippen LogP contribution in [-0.2, 0) is 9.59 Å². The van der Waals surface area contributed by atoms with E-state index in [2.05, 4.69) is 31.2 Å². The van der Waals surface area contributed by atoms with Crippen molar-refractivity contribution in [3.8, 4) is 11.5 Å². The summed E-state index contributed by atoms with van der Waals surface area (Å²) in [5.41, 5.74) is 1.92. The highest BCUT2D eigenvalue weighted by molar-refractivity contribution is 5.99. The number of para-hydroxylation sites is 2. The predicted molar refractivity (Wildman–Crippen MR) is 172 cm³/mol. The summed E-state index contributed by atoms with van der Waals surface area (Å²) >= 11 is 0. The number of amides is 4. The third-order valence-corrected chi connectivity index (χ3v) is 6.76. The molecule has 0 fully saturated rings. The van der Waals surface area contributed by atoms with Crippen LogP contribution in [0, 0.1) is 0 Å². The second-order valence-electron chi connectivity index (χ2n) is 10.0. The van der Waals surface area contributed by atoms with Crippen LogP contribution in [0.5, 0.6) is 11.5 Å². The van der Waals surface area contributed by atoms with Crippen LogP contribution in [0.15, 0.2) is 97.3 Å². The Morgan fingerprint density at radius 2 is 0.935 bits per heavy atom. The van der Waals surface area contributed by atoms with Crippen LogP contribution in [-0.4, -0.2) is 73.0 Å². The van der Waals surface area contributed by atoms with Gasteiger partial charge >= 0.3 is 0 Å². The Hall–Kier alpha value is -6.04. The molecule has 4 N–H and O–H groups in total. The minimum atomic E-state index is -0.393. The van der Waals surface area contributed by atoms with E-state index in [0.717, 1.165) is 10.8 Å². The van der Waals surface area contributed by atoms with Gasteiger partial charge in [-0.15, -0.1) is 0 Å². The Labute approximate surface area is 264 Å². The molecule has 234 valence electrons. The quantitative estimate of drug-likeness (QED) is 0.138. The van der Waals surface area contributed by atoms with Crippen molar-refractivity contribution in [2.75, 3.05) is 39.4 Å². The molecule has 46 heavy (non-hydrogen) atoms. The lowest BCUT2D eigenvalue weighted by Crippen LogP contribution is -2.37. The maximum absolute atomic E-state index is 12.6. The molecule has 2 heterocycles. The molecular formula is C34H32N6O6. The van der Waals surface area contributed by atoms with Crippen LogP contribution in [0.2, 0.25) is 0 Å². The Bertz CT molecular complexity index is 1720. The first-order valence-corrected chi connectivity index (χ1v) is 14.6. The van der Waals surface area contributed by atoms with Crippen molar-refractivity contribution < 1.29 is 28.7 Å². The van der Waals surface area contributed by atoms with Crippen LogP contribution in [0.4, 0.5) is 0 Å². The lowest BCUT2D eigenvalue weighted by molar-refractivity contribution is -0.123. The van der Waals surface area contributed by atoms with Crippen molar-refractivity contribution >= 4 is 45.4 Å².